The van der Waals surface area contributed by atoms with Gasteiger partial charge in [-0.1, -0.05) is 11.6 Å². The third-order valence-corrected chi connectivity index (χ3v) is 3.62. The van der Waals surface area contributed by atoms with Crippen molar-refractivity contribution in [1.82, 2.24) is 4.57 Å². The highest BCUT2D eigenvalue weighted by molar-refractivity contribution is 6.31. The van der Waals surface area contributed by atoms with Crippen molar-refractivity contribution < 1.29 is 9.53 Å². The Balaban J connectivity index is 1.96. The normalized spacial score (nSPS) is 10.9. The molecule has 0 unspecified atom stereocenters. The molecule has 0 amide bonds. The average Bonchev–Trinajstić information content (AvgIpc) is 2.70. The van der Waals surface area contributed by atoms with Crippen molar-refractivity contribution in [2.45, 2.75) is 39.7 Å². The molecule has 1 aromatic heterocycles. The minimum absolute atomic E-state index is 0.103. The molecule has 1 aromatic carbocycles. The summed E-state index contributed by atoms with van der Waals surface area (Å²) in [6.45, 7) is 5.30. The lowest BCUT2D eigenvalue weighted by Crippen LogP contribution is -2.05. The van der Waals surface area contributed by atoms with Gasteiger partial charge in [0.1, 0.15) is 0 Å². The maximum Gasteiger partial charge on any atom is 0.305 e. The number of unbranched alkanes of at least 4 members (excludes halogenated alkanes) is 1. The fourth-order valence-electron chi connectivity index (χ4n) is 2.45. The quantitative estimate of drug-likeness (QED) is 0.586. The van der Waals surface area contributed by atoms with Gasteiger partial charge in [0.25, 0.3) is 0 Å². The summed E-state index contributed by atoms with van der Waals surface area (Å²) in [5.41, 5.74) is 2.42. The minimum Gasteiger partial charge on any atom is -0.466 e. The van der Waals surface area contributed by atoms with Gasteiger partial charge in [0.2, 0.25) is 0 Å². The summed E-state index contributed by atoms with van der Waals surface area (Å²) in [6.07, 6.45) is 2.31. The highest BCUT2D eigenvalue weighted by atomic mass is 35.5. The summed E-state index contributed by atoms with van der Waals surface area (Å²) in [6, 6.07) is 8.10. The topological polar surface area (TPSA) is 31.2 Å². The Kier molecular flexibility index (Phi) is 5.07. The predicted molar refractivity (Wildman–Crippen MR) is 82.2 cm³/mol. The number of aromatic nitrogens is 1. The summed E-state index contributed by atoms with van der Waals surface area (Å²) in [4.78, 5) is 11.3. The van der Waals surface area contributed by atoms with Crippen LogP contribution in [0.15, 0.2) is 24.3 Å². The number of carbonyl (C=O) groups excluding carboxylic acids is 1. The Labute approximate surface area is 124 Å². The zero-order chi connectivity index (χ0) is 14.5. The number of halogens is 1. The van der Waals surface area contributed by atoms with Crippen LogP contribution in [0.2, 0.25) is 5.02 Å². The fourth-order valence-corrected chi connectivity index (χ4v) is 2.63. The van der Waals surface area contributed by atoms with Gasteiger partial charge in [-0.2, -0.15) is 0 Å². The van der Waals surface area contributed by atoms with E-state index >= 15 is 0 Å². The number of carbonyl (C=O) groups is 1. The van der Waals surface area contributed by atoms with E-state index in [1.54, 1.807) is 0 Å². The third-order valence-electron chi connectivity index (χ3n) is 3.39. The van der Waals surface area contributed by atoms with Crippen LogP contribution in [0.1, 0.15) is 31.9 Å². The highest BCUT2D eigenvalue weighted by Gasteiger charge is 2.07. The standard InChI is InChI=1S/C16H20ClNO2/c1-3-20-16(19)6-4-5-9-18-12(2)10-13-11-14(17)7-8-15(13)18/h7-8,10-11H,3-6,9H2,1-2H3. The van der Waals surface area contributed by atoms with Gasteiger partial charge in [-0.25, -0.2) is 0 Å². The number of aryl methyl sites for hydroxylation is 2. The molecule has 0 radical (unpaired) electrons. The maximum absolute atomic E-state index is 11.3. The molecular formula is C16H20ClNO2. The Morgan fingerprint density at radius 3 is 2.85 bits per heavy atom. The molecule has 0 bridgehead atoms. The van der Waals surface area contributed by atoms with Gasteiger partial charge in [0, 0.05) is 34.6 Å². The van der Waals surface area contributed by atoms with Crippen LogP contribution in [0.3, 0.4) is 0 Å². The van der Waals surface area contributed by atoms with Gasteiger partial charge in [0.15, 0.2) is 0 Å². The molecule has 0 aliphatic carbocycles. The van der Waals surface area contributed by atoms with Gasteiger partial charge in [0.05, 0.1) is 6.61 Å². The van der Waals surface area contributed by atoms with Crippen LogP contribution in [-0.4, -0.2) is 17.1 Å². The molecule has 0 atom stereocenters. The van der Waals surface area contributed by atoms with Crippen LogP contribution in [0.25, 0.3) is 10.9 Å². The third kappa shape index (κ3) is 3.54. The first-order valence-corrected chi connectivity index (χ1v) is 7.40. The summed E-state index contributed by atoms with van der Waals surface area (Å²) in [5.74, 6) is -0.103. The molecule has 0 saturated carbocycles. The first-order valence-electron chi connectivity index (χ1n) is 7.03. The zero-order valence-electron chi connectivity index (χ0n) is 12.0. The summed E-state index contributed by atoms with van der Waals surface area (Å²) in [7, 11) is 0. The van der Waals surface area contributed by atoms with Crippen molar-refractivity contribution >= 4 is 28.5 Å². The van der Waals surface area contributed by atoms with E-state index in [1.165, 1.54) is 16.6 Å². The molecule has 2 aromatic rings. The van der Waals surface area contributed by atoms with E-state index in [1.807, 2.05) is 19.1 Å². The van der Waals surface area contributed by atoms with Crippen molar-refractivity contribution in [3.63, 3.8) is 0 Å². The Bertz CT molecular complexity index is 604. The van der Waals surface area contributed by atoms with Gasteiger partial charge in [-0.3, -0.25) is 4.79 Å². The van der Waals surface area contributed by atoms with E-state index in [9.17, 15) is 4.79 Å². The first-order chi connectivity index (χ1) is 9.61. The largest absolute Gasteiger partial charge is 0.466 e. The number of rotatable bonds is 6. The van der Waals surface area contributed by atoms with Crippen molar-refractivity contribution in [1.29, 1.82) is 0 Å². The number of benzene rings is 1. The number of esters is 1. The molecule has 0 aliphatic heterocycles. The molecule has 4 heteroatoms. The highest BCUT2D eigenvalue weighted by Crippen LogP contribution is 2.23. The molecular weight excluding hydrogens is 274 g/mol. The zero-order valence-corrected chi connectivity index (χ0v) is 12.7. The van der Waals surface area contributed by atoms with Crippen LogP contribution in [0.5, 0.6) is 0 Å². The molecule has 0 fully saturated rings. The van der Waals surface area contributed by atoms with Crippen molar-refractivity contribution in [2.75, 3.05) is 6.61 Å². The van der Waals surface area contributed by atoms with Crippen LogP contribution < -0.4 is 0 Å². The lowest BCUT2D eigenvalue weighted by molar-refractivity contribution is -0.143. The van der Waals surface area contributed by atoms with E-state index in [0.29, 0.717) is 13.0 Å². The van der Waals surface area contributed by atoms with Crippen LogP contribution in [0.4, 0.5) is 0 Å². The van der Waals surface area contributed by atoms with E-state index in [4.69, 9.17) is 16.3 Å². The van der Waals surface area contributed by atoms with Gasteiger partial charge in [-0.05, 0) is 51.0 Å². The number of fused-ring (bicyclic) bond motifs is 1. The van der Waals surface area contributed by atoms with Crippen molar-refractivity contribution in [2.24, 2.45) is 0 Å². The number of ether oxygens (including phenoxy) is 1. The maximum atomic E-state index is 11.3. The summed E-state index contributed by atoms with van der Waals surface area (Å²) >= 11 is 6.01. The first kappa shape index (κ1) is 14.9. The number of hydrogen-bond acceptors (Lipinski definition) is 2. The van der Waals surface area contributed by atoms with E-state index < -0.39 is 0 Å². The average molecular weight is 294 g/mol. The van der Waals surface area contributed by atoms with Gasteiger partial charge < -0.3 is 9.30 Å². The second-order valence-electron chi connectivity index (χ2n) is 4.90. The lowest BCUT2D eigenvalue weighted by atomic mass is 10.2. The van der Waals surface area contributed by atoms with Crippen LogP contribution in [0, 0.1) is 6.92 Å². The van der Waals surface area contributed by atoms with E-state index in [-0.39, 0.29) is 5.97 Å². The molecule has 0 aliphatic rings. The smallest absolute Gasteiger partial charge is 0.305 e. The Morgan fingerprint density at radius 2 is 2.10 bits per heavy atom. The predicted octanol–water partition coefficient (Wildman–Crippen LogP) is 4.34. The monoisotopic (exact) mass is 293 g/mol. The second-order valence-corrected chi connectivity index (χ2v) is 5.34. The molecule has 3 nitrogen and oxygen atoms in total. The number of hydrogen-bond donors (Lipinski definition) is 0. The molecule has 108 valence electrons. The minimum atomic E-state index is -0.103. The van der Waals surface area contributed by atoms with Gasteiger partial charge in [-0.15, -0.1) is 0 Å². The fraction of sp³-hybridized carbons (Fsp3) is 0.438. The Hall–Kier alpha value is -1.48. The molecule has 0 N–H and O–H groups in total. The number of nitrogens with zero attached hydrogens (tertiary/aromatic N) is 1. The molecule has 0 saturated heterocycles. The van der Waals surface area contributed by atoms with Crippen LogP contribution >= 0.6 is 11.6 Å². The lowest BCUT2D eigenvalue weighted by Gasteiger charge is -2.08. The second kappa shape index (κ2) is 6.80. The SMILES string of the molecule is CCOC(=O)CCCCn1c(C)cc2cc(Cl)ccc21. The molecule has 0 spiro atoms. The van der Waals surface area contributed by atoms with Crippen molar-refractivity contribution in [3.8, 4) is 0 Å². The summed E-state index contributed by atoms with van der Waals surface area (Å²) in [5, 5.41) is 1.93. The Morgan fingerprint density at radius 1 is 1.30 bits per heavy atom. The molecule has 20 heavy (non-hydrogen) atoms. The van der Waals surface area contributed by atoms with E-state index in [0.717, 1.165) is 24.4 Å². The summed E-state index contributed by atoms with van der Waals surface area (Å²) < 4.78 is 7.20. The van der Waals surface area contributed by atoms with Crippen LogP contribution in [-0.2, 0) is 16.1 Å². The van der Waals surface area contributed by atoms with Crippen molar-refractivity contribution in [3.05, 3.63) is 35.0 Å². The molecule has 1 heterocycles. The van der Waals surface area contributed by atoms with E-state index in [2.05, 4.69) is 23.6 Å². The van der Waals surface area contributed by atoms with Gasteiger partial charge >= 0.3 is 5.97 Å². The molecule has 2 rings (SSSR count).